The lowest BCUT2D eigenvalue weighted by Crippen LogP contribution is -2.55. The fraction of sp³-hybridized carbons (Fsp3) is 0.615. The smallest absolute Gasteiger partial charge is 0.317 e. The SMILES string of the molecule is CC(N)C(c1ccco1)N1CCN2C(=O)NCC2C1. The van der Waals surface area contributed by atoms with Gasteiger partial charge in [0.05, 0.1) is 18.3 Å². The highest BCUT2D eigenvalue weighted by molar-refractivity contribution is 5.77. The van der Waals surface area contributed by atoms with Crippen LogP contribution in [0.5, 0.6) is 0 Å². The summed E-state index contributed by atoms with van der Waals surface area (Å²) in [5.74, 6) is 0.903. The van der Waals surface area contributed by atoms with Crippen molar-refractivity contribution in [3.8, 4) is 0 Å². The van der Waals surface area contributed by atoms with Crippen molar-refractivity contribution in [1.29, 1.82) is 0 Å². The Balaban J connectivity index is 1.76. The molecule has 1 aromatic heterocycles. The molecular weight excluding hydrogens is 244 g/mol. The van der Waals surface area contributed by atoms with Crippen LogP contribution in [0.1, 0.15) is 18.7 Å². The van der Waals surface area contributed by atoms with E-state index in [2.05, 4.69) is 10.2 Å². The Hall–Kier alpha value is -1.53. The van der Waals surface area contributed by atoms with Gasteiger partial charge in [-0.1, -0.05) is 0 Å². The van der Waals surface area contributed by atoms with E-state index in [-0.39, 0.29) is 24.2 Å². The Morgan fingerprint density at radius 2 is 2.37 bits per heavy atom. The zero-order valence-corrected chi connectivity index (χ0v) is 11.1. The van der Waals surface area contributed by atoms with Crippen LogP contribution in [0.15, 0.2) is 22.8 Å². The molecule has 19 heavy (non-hydrogen) atoms. The first-order valence-electron chi connectivity index (χ1n) is 6.74. The van der Waals surface area contributed by atoms with Gasteiger partial charge < -0.3 is 20.4 Å². The monoisotopic (exact) mass is 264 g/mol. The van der Waals surface area contributed by atoms with Gasteiger partial charge in [-0.05, 0) is 19.1 Å². The normalized spacial score (nSPS) is 26.9. The number of carbonyl (C=O) groups is 1. The lowest BCUT2D eigenvalue weighted by molar-refractivity contribution is 0.0704. The lowest BCUT2D eigenvalue weighted by atomic mass is 10.0. The number of urea groups is 1. The fourth-order valence-corrected chi connectivity index (χ4v) is 3.11. The van der Waals surface area contributed by atoms with Gasteiger partial charge in [0.15, 0.2) is 0 Å². The first kappa shape index (κ1) is 12.5. The molecule has 2 saturated heterocycles. The molecule has 6 nitrogen and oxygen atoms in total. The van der Waals surface area contributed by atoms with Crippen molar-refractivity contribution < 1.29 is 9.21 Å². The summed E-state index contributed by atoms with van der Waals surface area (Å²) >= 11 is 0. The van der Waals surface area contributed by atoms with Crippen LogP contribution in [0.3, 0.4) is 0 Å². The average Bonchev–Trinajstić information content (AvgIpc) is 3.00. The number of nitrogens with zero attached hydrogens (tertiary/aromatic N) is 2. The number of carbonyl (C=O) groups excluding carboxylic acids is 1. The summed E-state index contributed by atoms with van der Waals surface area (Å²) in [4.78, 5) is 15.8. The third-order valence-corrected chi connectivity index (χ3v) is 3.99. The summed E-state index contributed by atoms with van der Waals surface area (Å²) in [7, 11) is 0. The van der Waals surface area contributed by atoms with E-state index >= 15 is 0 Å². The molecule has 0 saturated carbocycles. The minimum atomic E-state index is -0.0113. The van der Waals surface area contributed by atoms with E-state index in [1.807, 2.05) is 24.0 Å². The van der Waals surface area contributed by atoms with Gasteiger partial charge in [0, 0.05) is 32.2 Å². The summed E-state index contributed by atoms with van der Waals surface area (Å²) in [5.41, 5.74) is 6.13. The Bertz CT molecular complexity index is 446. The topological polar surface area (TPSA) is 74.7 Å². The molecule has 2 amide bonds. The van der Waals surface area contributed by atoms with Crippen LogP contribution in [-0.2, 0) is 0 Å². The maximum absolute atomic E-state index is 11.6. The third-order valence-electron chi connectivity index (χ3n) is 3.99. The zero-order valence-electron chi connectivity index (χ0n) is 11.1. The van der Waals surface area contributed by atoms with Gasteiger partial charge in [0.25, 0.3) is 0 Å². The maximum atomic E-state index is 11.6. The molecular formula is C13H20N4O2. The van der Waals surface area contributed by atoms with E-state index in [1.165, 1.54) is 0 Å². The molecule has 104 valence electrons. The van der Waals surface area contributed by atoms with Crippen molar-refractivity contribution in [3.05, 3.63) is 24.2 Å². The number of fused-ring (bicyclic) bond motifs is 1. The van der Waals surface area contributed by atoms with Crippen LogP contribution in [0, 0.1) is 0 Å². The summed E-state index contributed by atoms with van der Waals surface area (Å²) in [5, 5.41) is 2.89. The molecule has 1 aromatic rings. The van der Waals surface area contributed by atoms with Gasteiger partial charge in [0.2, 0.25) is 0 Å². The predicted octanol–water partition coefficient (Wildman–Crippen LogP) is 0.377. The number of hydrogen-bond donors (Lipinski definition) is 2. The van der Waals surface area contributed by atoms with E-state index in [9.17, 15) is 4.79 Å². The van der Waals surface area contributed by atoms with Crippen molar-refractivity contribution in [1.82, 2.24) is 15.1 Å². The molecule has 3 atom stereocenters. The van der Waals surface area contributed by atoms with Crippen LogP contribution < -0.4 is 11.1 Å². The van der Waals surface area contributed by atoms with Crippen molar-refractivity contribution >= 4 is 6.03 Å². The summed E-state index contributed by atoms with van der Waals surface area (Å²) in [6, 6.07) is 4.23. The molecule has 0 radical (unpaired) electrons. The summed E-state index contributed by atoms with van der Waals surface area (Å²) < 4.78 is 5.52. The molecule has 0 aliphatic carbocycles. The number of nitrogens with one attached hydrogen (secondary N) is 1. The average molecular weight is 264 g/mol. The minimum Gasteiger partial charge on any atom is -0.468 e. The van der Waals surface area contributed by atoms with E-state index in [4.69, 9.17) is 10.2 Å². The molecule has 3 unspecified atom stereocenters. The molecule has 2 fully saturated rings. The number of amides is 2. The maximum Gasteiger partial charge on any atom is 0.317 e. The van der Waals surface area contributed by atoms with Gasteiger partial charge >= 0.3 is 6.03 Å². The molecule has 3 heterocycles. The Morgan fingerprint density at radius 1 is 1.53 bits per heavy atom. The summed E-state index contributed by atoms with van der Waals surface area (Å²) in [6.07, 6.45) is 1.68. The van der Waals surface area contributed by atoms with Crippen LogP contribution >= 0.6 is 0 Å². The van der Waals surface area contributed by atoms with Gasteiger partial charge in [-0.2, -0.15) is 0 Å². The quantitative estimate of drug-likeness (QED) is 0.827. The summed E-state index contributed by atoms with van der Waals surface area (Å²) in [6.45, 7) is 5.14. The van der Waals surface area contributed by atoms with Crippen LogP contribution in [0.25, 0.3) is 0 Å². The molecule has 3 rings (SSSR count). The van der Waals surface area contributed by atoms with Crippen LogP contribution in [0.2, 0.25) is 0 Å². The molecule has 0 aromatic carbocycles. The molecule has 6 heteroatoms. The second kappa shape index (κ2) is 4.86. The number of nitrogens with two attached hydrogens (primary N) is 1. The highest BCUT2D eigenvalue weighted by atomic mass is 16.3. The number of hydrogen-bond acceptors (Lipinski definition) is 4. The predicted molar refractivity (Wildman–Crippen MR) is 70.6 cm³/mol. The Morgan fingerprint density at radius 3 is 3.05 bits per heavy atom. The van der Waals surface area contributed by atoms with Gasteiger partial charge in [-0.25, -0.2) is 4.79 Å². The van der Waals surface area contributed by atoms with Crippen LogP contribution in [-0.4, -0.2) is 54.1 Å². The Labute approximate surface area is 112 Å². The highest BCUT2D eigenvalue weighted by Crippen LogP contribution is 2.27. The van der Waals surface area contributed by atoms with Crippen LogP contribution in [0.4, 0.5) is 4.79 Å². The third kappa shape index (κ3) is 2.21. The first-order valence-corrected chi connectivity index (χ1v) is 6.74. The molecule has 2 aliphatic rings. The van der Waals surface area contributed by atoms with Crippen molar-refractivity contribution in [2.45, 2.75) is 25.0 Å². The van der Waals surface area contributed by atoms with Crippen molar-refractivity contribution in [2.75, 3.05) is 26.2 Å². The van der Waals surface area contributed by atoms with Crippen molar-refractivity contribution in [2.24, 2.45) is 5.73 Å². The second-order valence-corrected chi connectivity index (χ2v) is 5.35. The largest absolute Gasteiger partial charge is 0.468 e. The van der Waals surface area contributed by atoms with E-state index < -0.39 is 0 Å². The second-order valence-electron chi connectivity index (χ2n) is 5.35. The van der Waals surface area contributed by atoms with Gasteiger partial charge in [-0.3, -0.25) is 4.90 Å². The molecule has 0 bridgehead atoms. The first-order chi connectivity index (χ1) is 9.16. The lowest BCUT2D eigenvalue weighted by Gasteiger charge is -2.41. The zero-order chi connectivity index (χ0) is 13.4. The van der Waals surface area contributed by atoms with E-state index in [1.54, 1.807) is 6.26 Å². The molecule has 2 aliphatic heterocycles. The van der Waals surface area contributed by atoms with Crippen molar-refractivity contribution in [3.63, 3.8) is 0 Å². The van der Waals surface area contributed by atoms with Gasteiger partial charge in [0.1, 0.15) is 5.76 Å². The Kier molecular flexibility index (Phi) is 3.20. The van der Waals surface area contributed by atoms with E-state index in [0.717, 1.165) is 31.9 Å². The minimum absolute atomic E-state index is 0.0113. The number of furan rings is 1. The number of rotatable bonds is 3. The fourth-order valence-electron chi connectivity index (χ4n) is 3.11. The molecule has 3 N–H and O–H groups in total. The standard InChI is InChI=1S/C13H20N4O2/c1-9(14)12(11-3-2-6-19-11)16-4-5-17-10(8-16)7-15-13(17)18/h2-3,6,9-10,12H,4-5,7-8,14H2,1H3,(H,15,18). The van der Waals surface area contributed by atoms with E-state index in [0.29, 0.717) is 0 Å². The van der Waals surface area contributed by atoms with Gasteiger partial charge in [-0.15, -0.1) is 0 Å². The molecule has 0 spiro atoms. The number of piperazine rings is 1. The highest BCUT2D eigenvalue weighted by Gasteiger charge is 2.39.